The van der Waals surface area contributed by atoms with Crippen molar-refractivity contribution in [2.24, 2.45) is 0 Å². The Kier molecular flexibility index (Phi) is 8.41. The third kappa shape index (κ3) is 7.04. The molecule has 3 rings (SSSR count). The third-order valence-electron chi connectivity index (χ3n) is 5.28. The molecule has 0 aliphatic rings. The van der Waals surface area contributed by atoms with Crippen LogP contribution in [0.3, 0.4) is 0 Å². The van der Waals surface area contributed by atoms with Crippen molar-refractivity contribution < 1.29 is 22.6 Å². The van der Waals surface area contributed by atoms with E-state index < -0.39 is 11.9 Å². The van der Waals surface area contributed by atoms with Crippen molar-refractivity contribution in [2.75, 3.05) is 14.2 Å². The van der Waals surface area contributed by atoms with E-state index in [1.165, 1.54) is 18.1 Å². The summed E-state index contributed by atoms with van der Waals surface area (Å²) in [5.74, 6) is 1.15. The van der Waals surface area contributed by atoms with Crippen molar-refractivity contribution in [1.29, 1.82) is 0 Å². The van der Waals surface area contributed by atoms with Crippen LogP contribution in [0.1, 0.15) is 23.1 Å². The SMILES string of the molecule is COc1ccc(CC/C=C(/N(Cc2ccccc2)Cc2ccccc2)C(F)(F)F)cc1OC. The van der Waals surface area contributed by atoms with Crippen LogP contribution in [0, 0.1) is 0 Å². The van der Waals surface area contributed by atoms with Crippen molar-refractivity contribution in [1.82, 2.24) is 4.90 Å². The fourth-order valence-corrected chi connectivity index (χ4v) is 3.67. The standard InChI is InChI=1S/C27H28F3NO2/c1-32-24-17-16-21(18-25(24)33-2)14-9-15-26(27(28,29)30)31(19-22-10-5-3-6-11-22)20-23-12-7-4-8-13-23/h3-8,10-13,15-18H,9,14,19-20H2,1-2H3/b26-15+. The summed E-state index contributed by atoms with van der Waals surface area (Å²) in [7, 11) is 3.08. The molecule has 0 saturated carbocycles. The molecule has 0 radical (unpaired) electrons. The normalized spacial score (nSPS) is 11.8. The Morgan fingerprint density at radius 1 is 0.758 bits per heavy atom. The molecule has 0 spiro atoms. The van der Waals surface area contributed by atoms with Gasteiger partial charge in [0.1, 0.15) is 5.70 Å². The number of halogens is 3. The first-order valence-electron chi connectivity index (χ1n) is 10.7. The summed E-state index contributed by atoms with van der Waals surface area (Å²) in [6.45, 7) is 0.328. The molecule has 33 heavy (non-hydrogen) atoms. The van der Waals surface area contributed by atoms with Crippen LogP contribution < -0.4 is 9.47 Å². The largest absolute Gasteiger partial charge is 0.493 e. The quantitative estimate of drug-likeness (QED) is 0.336. The maximum Gasteiger partial charge on any atom is 0.430 e. The molecule has 0 atom stereocenters. The molecule has 6 heteroatoms. The van der Waals surface area contributed by atoms with E-state index in [-0.39, 0.29) is 19.5 Å². The Morgan fingerprint density at radius 3 is 1.79 bits per heavy atom. The van der Waals surface area contributed by atoms with Crippen molar-refractivity contribution in [3.63, 3.8) is 0 Å². The lowest BCUT2D eigenvalue weighted by Crippen LogP contribution is -2.31. The van der Waals surface area contributed by atoms with Crippen LogP contribution in [0.4, 0.5) is 13.2 Å². The van der Waals surface area contributed by atoms with E-state index >= 15 is 0 Å². The van der Waals surface area contributed by atoms with Crippen LogP contribution in [0.5, 0.6) is 11.5 Å². The molecule has 0 N–H and O–H groups in total. The first-order valence-corrected chi connectivity index (χ1v) is 10.7. The van der Waals surface area contributed by atoms with Crippen molar-refractivity contribution in [3.05, 3.63) is 107 Å². The van der Waals surface area contributed by atoms with E-state index in [1.807, 2.05) is 66.7 Å². The van der Waals surface area contributed by atoms with Crippen LogP contribution in [0.2, 0.25) is 0 Å². The minimum atomic E-state index is -4.47. The summed E-state index contributed by atoms with van der Waals surface area (Å²) in [6.07, 6.45) is -2.49. The average Bonchev–Trinajstić information content (AvgIpc) is 2.82. The molecule has 0 saturated heterocycles. The van der Waals surface area contributed by atoms with E-state index in [0.717, 1.165) is 16.7 Å². The Morgan fingerprint density at radius 2 is 1.30 bits per heavy atom. The molecule has 0 amide bonds. The number of allylic oxidation sites excluding steroid dienone is 2. The van der Waals surface area contributed by atoms with Gasteiger partial charge in [-0.1, -0.05) is 72.8 Å². The van der Waals surface area contributed by atoms with E-state index in [0.29, 0.717) is 17.9 Å². The first-order chi connectivity index (χ1) is 15.9. The number of ether oxygens (including phenoxy) is 2. The Hall–Kier alpha value is -3.41. The summed E-state index contributed by atoms with van der Waals surface area (Å²) in [5, 5.41) is 0. The van der Waals surface area contributed by atoms with Gasteiger partial charge >= 0.3 is 6.18 Å². The lowest BCUT2D eigenvalue weighted by atomic mass is 10.1. The molecular formula is C27H28F3NO2. The van der Waals surface area contributed by atoms with Gasteiger partial charge in [0.25, 0.3) is 0 Å². The summed E-state index contributed by atoms with van der Waals surface area (Å²) in [6, 6.07) is 23.8. The Balaban J connectivity index is 1.85. The summed E-state index contributed by atoms with van der Waals surface area (Å²) in [4.78, 5) is 1.40. The molecule has 0 aromatic heterocycles. The molecule has 0 unspecified atom stereocenters. The van der Waals surface area contributed by atoms with E-state index in [4.69, 9.17) is 9.47 Å². The van der Waals surface area contributed by atoms with Crippen LogP contribution in [0.25, 0.3) is 0 Å². The van der Waals surface area contributed by atoms with Crippen LogP contribution in [0.15, 0.2) is 90.6 Å². The number of benzene rings is 3. The van der Waals surface area contributed by atoms with Crippen molar-refractivity contribution in [2.45, 2.75) is 32.1 Å². The zero-order chi connectivity index (χ0) is 23.7. The minimum absolute atomic E-state index is 0.164. The molecule has 3 aromatic rings. The average molecular weight is 456 g/mol. The zero-order valence-electron chi connectivity index (χ0n) is 18.8. The number of methoxy groups -OCH3 is 2. The predicted molar refractivity (Wildman–Crippen MR) is 124 cm³/mol. The van der Waals surface area contributed by atoms with E-state index in [2.05, 4.69) is 0 Å². The summed E-state index contributed by atoms with van der Waals surface area (Å²) < 4.78 is 53.0. The number of hydrogen-bond acceptors (Lipinski definition) is 3. The molecular weight excluding hydrogens is 427 g/mol. The van der Waals surface area contributed by atoms with Gasteiger partial charge in [0.05, 0.1) is 14.2 Å². The number of nitrogens with zero attached hydrogens (tertiary/aromatic N) is 1. The number of rotatable bonds is 10. The van der Waals surface area contributed by atoms with Gasteiger partial charge in [-0.25, -0.2) is 0 Å². The lowest BCUT2D eigenvalue weighted by molar-refractivity contribution is -0.113. The van der Waals surface area contributed by atoms with Crippen LogP contribution in [-0.2, 0) is 19.5 Å². The smallest absolute Gasteiger partial charge is 0.430 e. The molecule has 3 aromatic carbocycles. The van der Waals surface area contributed by atoms with E-state index in [1.54, 1.807) is 19.2 Å². The Labute approximate surface area is 193 Å². The first kappa shape index (κ1) is 24.2. The Bertz CT molecular complexity index is 993. The van der Waals surface area contributed by atoms with Crippen molar-refractivity contribution in [3.8, 4) is 11.5 Å². The zero-order valence-corrected chi connectivity index (χ0v) is 18.8. The molecule has 0 fully saturated rings. The number of alkyl halides is 3. The highest BCUT2D eigenvalue weighted by atomic mass is 19.4. The second-order valence-corrected chi connectivity index (χ2v) is 7.64. The van der Waals surface area contributed by atoms with Gasteiger partial charge in [0.15, 0.2) is 11.5 Å². The second-order valence-electron chi connectivity index (χ2n) is 7.64. The number of aryl methyl sites for hydroxylation is 1. The van der Waals surface area contributed by atoms with Gasteiger partial charge in [0.2, 0.25) is 0 Å². The number of hydrogen-bond donors (Lipinski definition) is 0. The highest BCUT2D eigenvalue weighted by Crippen LogP contribution is 2.32. The van der Waals surface area contributed by atoms with Crippen molar-refractivity contribution >= 4 is 0 Å². The van der Waals surface area contributed by atoms with Crippen LogP contribution in [-0.4, -0.2) is 25.3 Å². The molecule has 3 nitrogen and oxygen atoms in total. The molecule has 0 aliphatic heterocycles. The van der Waals surface area contributed by atoms with Crippen LogP contribution >= 0.6 is 0 Å². The highest BCUT2D eigenvalue weighted by Gasteiger charge is 2.37. The lowest BCUT2D eigenvalue weighted by Gasteiger charge is -2.29. The highest BCUT2D eigenvalue weighted by molar-refractivity contribution is 5.43. The predicted octanol–water partition coefficient (Wildman–Crippen LogP) is 6.79. The fourth-order valence-electron chi connectivity index (χ4n) is 3.67. The third-order valence-corrected chi connectivity index (χ3v) is 5.28. The van der Waals surface area contributed by atoms with Gasteiger partial charge in [-0.05, 0) is 41.7 Å². The molecule has 0 heterocycles. The van der Waals surface area contributed by atoms with Gasteiger partial charge in [-0.15, -0.1) is 0 Å². The van der Waals surface area contributed by atoms with Gasteiger partial charge in [-0.3, -0.25) is 0 Å². The maximum atomic E-state index is 14.2. The van der Waals surface area contributed by atoms with Gasteiger partial charge in [0, 0.05) is 13.1 Å². The summed E-state index contributed by atoms with van der Waals surface area (Å²) in [5.41, 5.74) is 1.89. The molecule has 174 valence electrons. The fraction of sp³-hybridized carbons (Fsp3) is 0.259. The summed E-state index contributed by atoms with van der Waals surface area (Å²) >= 11 is 0. The second kappa shape index (κ2) is 11.5. The minimum Gasteiger partial charge on any atom is -0.493 e. The monoisotopic (exact) mass is 455 g/mol. The maximum absolute atomic E-state index is 14.2. The molecule has 0 bridgehead atoms. The topological polar surface area (TPSA) is 21.7 Å². The van der Waals surface area contributed by atoms with Gasteiger partial charge < -0.3 is 14.4 Å². The van der Waals surface area contributed by atoms with E-state index in [9.17, 15) is 13.2 Å². The molecule has 0 aliphatic carbocycles. The van der Waals surface area contributed by atoms with Gasteiger partial charge in [-0.2, -0.15) is 13.2 Å².